The van der Waals surface area contributed by atoms with Crippen molar-refractivity contribution < 1.29 is 4.39 Å². The molecule has 0 aromatic carbocycles. The number of fused-ring (bicyclic) bond motifs is 1. The highest BCUT2D eigenvalue weighted by Crippen LogP contribution is 2.29. The van der Waals surface area contributed by atoms with Crippen molar-refractivity contribution in [3.63, 3.8) is 0 Å². The molecule has 3 heterocycles. The van der Waals surface area contributed by atoms with Gasteiger partial charge in [-0.15, -0.1) is 0 Å². The van der Waals surface area contributed by atoms with Crippen LogP contribution in [0.15, 0.2) is 12.4 Å². The second kappa shape index (κ2) is 3.91. The van der Waals surface area contributed by atoms with Crippen LogP contribution in [0.1, 0.15) is 24.7 Å². The molecule has 4 nitrogen and oxygen atoms in total. The maximum Gasteiger partial charge on any atom is 0.163 e. The third-order valence-corrected chi connectivity index (χ3v) is 3.09. The average Bonchev–Trinajstić information content (AvgIpc) is 2.89. The Kier molecular flexibility index (Phi) is 2.39. The van der Waals surface area contributed by atoms with Crippen LogP contribution < -0.4 is 0 Å². The number of aryl methyl sites for hydroxylation is 2. The van der Waals surface area contributed by atoms with Crippen molar-refractivity contribution in [2.24, 2.45) is 0 Å². The van der Waals surface area contributed by atoms with Crippen molar-refractivity contribution in [3.8, 4) is 11.4 Å². The van der Waals surface area contributed by atoms with Gasteiger partial charge in [0.15, 0.2) is 11.6 Å². The van der Waals surface area contributed by atoms with Crippen LogP contribution >= 0.6 is 0 Å². The molecule has 0 atom stereocenters. The van der Waals surface area contributed by atoms with Crippen LogP contribution in [0.5, 0.6) is 0 Å². The second-order valence-corrected chi connectivity index (χ2v) is 4.17. The van der Waals surface area contributed by atoms with E-state index in [1.54, 1.807) is 0 Å². The van der Waals surface area contributed by atoms with E-state index in [1.165, 1.54) is 18.1 Å². The number of nitrogens with zero attached hydrogens (tertiary/aromatic N) is 4. The molecule has 3 rings (SSSR count). The van der Waals surface area contributed by atoms with Crippen molar-refractivity contribution in [2.75, 3.05) is 0 Å². The number of hydrogen-bond acceptors (Lipinski definition) is 3. The van der Waals surface area contributed by atoms with Gasteiger partial charge in [0, 0.05) is 12.2 Å². The highest BCUT2D eigenvalue weighted by Gasteiger charge is 2.23. The van der Waals surface area contributed by atoms with E-state index >= 15 is 0 Å². The Morgan fingerprint density at radius 1 is 1.35 bits per heavy atom. The van der Waals surface area contributed by atoms with Crippen molar-refractivity contribution in [1.82, 2.24) is 19.7 Å². The molecule has 0 N–H and O–H groups in total. The Morgan fingerprint density at radius 2 is 2.12 bits per heavy atom. The van der Waals surface area contributed by atoms with Gasteiger partial charge in [0.1, 0.15) is 0 Å². The summed E-state index contributed by atoms with van der Waals surface area (Å²) in [6.45, 7) is 3.02. The molecule has 1 aliphatic rings. The minimum Gasteiger partial charge on any atom is -0.269 e. The maximum absolute atomic E-state index is 12.8. The first-order chi connectivity index (χ1) is 8.29. The van der Waals surface area contributed by atoms with Crippen LogP contribution in [0.3, 0.4) is 0 Å². The van der Waals surface area contributed by atoms with E-state index in [0.717, 1.165) is 37.1 Å². The summed E-state index contributed by atoms with van der Waals surface area (Å²) in [6, 6.07) is 0. The van der Waals surface area contributed by atoms with Crippen LogP contribution in [0, 0.1) is 5.82 Å². The Hall–Kier alpha value is -1.78. The van der Waals surface area contributed by atoms with E-state index in [4.69, 9.17) is 0 Å². The zero-order valence-corrected chi connectivity index (χ0v) is 9.65. The standard InChI is InChI=1S/C12H13FN4/c1-2-9-11(10-4-3-5-17(10)16-9)12-14-6-8(13)7-15-12/h6-7H,2-5H2,1H3. The fourth-order valence-electron chi connectivity index (χ4n) is 2.33. The van der Waals surface area contributed by atoms with Crippen molar-refractivity contribution in [2.45, 2.75) is 32.7 Å². The molecule has 0 radical (unpaired) electrons. The lowest BCUT2D eigenvalue weighted by Gasteiger charge is -2.01. The molecule has 88 valence electrons. The summed E-state index contributed by atoms with van der Waals surface area (Å²) in [4.78, 5) is 8.13. The minimum absolute atomic E-state index is 0.407. The second-order valence-electron chi connectivity index (χ2n) is 4.17. The molecule has 1 aliphatic heterocycles. The molecule has 0 unspecified atom stereocenters. The fraction of sp³-hybridized carbons (Fsp3) is 0.417. The van der Waals surface area contributed by atoms with E-state index in [1.807, 2.05) is 4.68 Å². The summed E-state index contributed by atoms with van der Waals surface area (Å²) in [5, 5.41) is 4.55. The Morgan fingerprint density at radius 3 is 2.82 bits per heavy atom. The summed E-state index contributed by atoms with van der Waals surface area (Å²) in [7, 11) is 0. The van der Waals surface area contributed by atoms with Gasteiger partial charge < -0.3 is 0 Å². The van der Waals surface area contributed by atoms with Crippen LogP contribution in [0.2, 0.25) is 0 Å². The molecule has 0 amide bonds. The summed E-state index contributed by atoms with van der Waals surface area (Å²) >= 11 is 0. The number of halogens is 1. The topological polar surface area (TPSA) is 43.6 Å². The van der Waals surface area contributed by atoms with Crippen molar-refractivity contribution in [1.29, 1.82) is 0 Å². The summed E-state index contributed by atoms with van der Waals surface area (Å²) < 4.78 is 14.9. The van der Waals surface area contributed by atoms with Crippen LogP contribution in [-0.4, -0.2) is 19.7 Å². The maximum atomic E-state index is 12.8. The quantitative estimate of drug-likeness (QED) is 0.795. The number of rotatable bonds is 2. The third-order valence-electron chi connectivity index (χ3n) is 3.09. The van der Waals surface area contributed by atoms with Gasteiger partial charge >= 0.3 is 0 Å². The summed E-state index contributed by atoms with van der Waals surface area (Å²) in [6.07, 6.45) is 5.38. The monoisotopic (exact) mass is 232 g/mol. The predicted octanol–water partition coefficient (Wildman–Crippen LogP) is 1.99. The largest absolute Gasteiger partial charge is 0.269 e. The van der Waals surface area contributed by atoms with E-state index in [2.05, 4.69) is 22.0 Å². The molecule has 2 aromatic rings. The molecule has 0 saturated heterocycles. The highest BCUT2D eigenvalue weighted by molar-refractivity contribution is 5.62. The molecule has 2 aromatic heterocycles. The first kappa shape index (κ1) is 10.4. The first-order valence-electron chi connectivity index (χ1n) is 5.86. The lowest BCUT2D eigenvalue weighted by Crippen LogP contribution is -1.95. The minimum atomic E-state index is -0.407. The summed E-state index contributed by atoms with van der Waals surface area (Å²) in [5.74, 6) is 0.182. The van der Waals surface area contributed by atoms with Crippen molar-refractivity contribution >= 4 is 0 Å². The van der Waals surface area contributed by atoms with E-state index in [0.29, 0.717) is 5.82 Å². The van der Waals surface area contributed by atoms with E-state index in [9.17, 15) is 4.39 Å². The zero-order chi connectivity index (χ0) is 11.8. The Labute approximate surface area is 98.5 Å². The third kappa shape index (κ3) is 1.62. The molecular weight excluding hydrogens is 219 g/mol. The zero-order valence-electron chi connectivity index (χ0n) is 9.65. The van der Waals surface area contributed by atoms with Gasteiger partial charge in [-0.1, -0.05) is 6.92 Å². The van der Waals surface area contributed by atoms with Crippen molar-refractivity contribution in [3.05, 3.63) is 29.6 Å². The molecule has 5 heteroatoms. The SMILES string of the molecule is CCc1nn2c(c1-c1ncc(F)cn1)CCC2. The molecule has 0 saturated carbocycles. The van der Waals surface area contributed by atoms with E-state index < -0.39 is 5.82 Å². The van der Waals surface area contributed by atoms with Gasteiger partial charge in [-0.3, -0.25) is 4.68 Å². The number of aromatic nitrogens is 4. The lowest BCUT2D eigenvalue weighted by atomic mass is 10.1. The normalized spacial score (nSPS) is 14.0. The van der Waals surface area contributed by atoms with Gasteiger partial charge in [0.2, 0.25) is 0 Å². The predicted molar refractivity (Wildman–Crippen MR) is 60.9 cm³/mol. The van der Waals surface area contributed by atoms with Crippen LogP contribution in [-0.2, 0) is 19.4 Å². The van der Waals surface area contributed by atoms with Gasteiger partial charge in [-0.2, -0.15) is 5.10 Å². The molecule has 0 bridgehead atoms. The fourth-order valence-corrected chi connectivity index (χ4v) is 2.33. The molecule has 0 spiro atoms. The molecule has 0 fully saturated rings. The Balaban J connectivity index is 2.15. The molecule has 0 aliphatic carbocycles. The Bertz CT molecular complexity index is 544. The van der Waals surface area contributed by atoms with E-state index in [-0.39, 0.29) is 0 Å². The molecule has 17 heavy (non-hydrogen) atoms. The summed E-state index contributed by atoms with van der Waals surface area (Å²) in [5.41, 5.74) is 3.20. The molecular formula is C12H13FN4. The highest BCUT2D eigenvalue weighted by atomic mass is 19.1. The van der Waals surface area contributed by atoms with Gasteiger partial charge in [-0.05, 0) is 19.3 Å². The van der Waals surface area contributed by atoms with Gasteiger partial charge in [0.05, 0.1) is 23.7 Å². The first-order valence-corrected chi connectivity index (χ1v) is 5.86. The van der Waals surface area contributed by atoms with Gasteiger partial charge in [-0.25, -0.2) is 14.4 Å². The van der Waals surface area contributed by atoms with Gasteiger partial charge in [0.25, 0.3) is 0 Å². The average molecular weight is 232 g/mol. The lowest BCUT2D eigenvalue weighted by molar-refractivity contribution is 0.614. The smallest absolute Gasteiger partial charge is 0.163 e. The van der Waals surface area contributed by atoms with Crippen LogP contribution in [0.25, 0.3) is 11.4 Å². The van der Waals surface area contributed by atoms with Crippen LogP contribution in [0.4, 0.5) is 4.39 Å². The number of hydrogen-bond donors (Lipinski definition) is 0.